The Balaban J connectivity index is 1.70. The number of hydrogen-bond donors (Lipinski definition) is 2. The van der Waals surface area contributed by atoms with Gasteiger partial charge in [0.25, 0.3) is 10.0 Å². The topological polar surface area (TPSA) is 84.5 Å². The smallest absolute Gasteiger partial charge is 0.265 e. The summed E-state index contributed by atoms with van der Waals surface area (Å²) in [5, 5.41) is 4.72. The van der Waals surface area contributed by atoms with Crippen LogP contribution in [0.1, 0.15) is 11.8 Å². The predicted octanol–water partition coefficient (Wildman–Crippen LogP) is 4.89. The highest BCUT2D eigenvalue weighted by Gasteiger charge is 2.20. The number of carbonyl (C=O) groups is 1. The number of hydrogen-bond acceptors (Lipinski definition) is 5. The van der Waals surface area contributed by atoms with E-state index in [1.165, 1.54) is 17.4 Å². The van der Waals surface area contributed by atoms with Crippen molar-refractivity contribution in [3.05, 3.63) is 69.3 Å². The molecule has 3 aromatic rings. The summed E-state index contributed by atoms with van der Waals surface area (Å²) in [7, 11) is -3.85. The molecule has 152 valence electrons. The monoisotopic (exact) mass is 494 g/mol. The standard InChI is InChI=1S/C20H19BrN2O4S2/c1-2-27-18-10-5-14(21)12-19(18)29(25,26)23-16-8-6-15(7-9-16)22-20(24)13-17-4-3-11-28-17/h3-12,23H,2,13H2,1H3,(H,22,24). The summed E-state index contributed by atoms with van der Waals surface area (Å²) in [6.07, 6.45) is 0.301. The van der Waals surface area contributed by atoms with E-state index in [1.807, 2.05) is 17.5 Å². The quantitative estimate of drug-likeness (QED) is 0.466. The molecule has 0 saturated carbocycles. The van der Waals surface area contributed by atoms with Crippen LogP contribution in [-0.2, 0) is 21.2 Å². The molecule has 0 unspecified atom stereocenters. The van der Waals surface area contributed by atoms with Gasteiger partial charge in [-0.15, -0.1) is 11.3 Å². The van der Waals surface area contributed by atoms with Crippen molar-refractivity contribution < 1.29 is 17.9 Å². The summed E-state index contributed by atoms with van der Waals surface area (Å²) < 4.78 is 34.2. The van der Waals surface area contributed by atoms with Gasteiger partial charge in [0.2, 0.25) is 5.91 Å². The largest absolute Gasteiger partial charge is 0.492 e. The van der Waals surface area contributed by atoms with Crippen LogP contribution < -0.4 is 14.8 Å². The number of halogens is 1. The molecule has 29 heavy (non-hydrogen) atoms. The van der Waals surface area contributed by atoms with E-state index in [2.05, 4.69) is 26.0 Å². The number of thiophene rings is 1. The van der Waals surface area contributed by atoms with Gasteiger partial charge in [0.05, 0.1) is 13.0 Å². The predicted molar refractivity (Wildman–Crippen MR) is 119 cm³/mol. The minimum atomic E-state index is -3.85. The van der Waals surface area contributed by atoms with Crippen LogP contribution in [0.25, 0.3) is 0 Å². The van der Waals surface area contributed by atoms with E-state index >= 15 is 0 Å². The molecule has 0 saturated heterocycles. The Bertz CT molecular complexity index is 1080. The lowest BCUT2D eigenvalue weighted by molar-refractivity contribution is -0.115. The second kappa shape index (κ2) is 9.43. The fourth-order valence-corrected chi connectivity index (χ4v) is 5.02. The molecule has 0 aliphatic rings. The van der Waals surface area contributed by atoms with E-state index < -0.39 is 10.0 Å². The van der Waals surface area contributed by atoms with Crippen molar-refractivity contribution >= 4 is 54.6 Å². The van der Waals surface area contributed by atoms with E-state index in [-0.39, 0.29) is 16.6 Å². The SMILES string of the molecule is CCOc1ccc(Br)cc1S(=O)(=O)Nc1ccc(NC(=O)Cc2cccs2)cc1. The second-order valence-corrected chi connectivity index (χ2v) is 9.61. The molecule has 1 heterocycles. The molecule has 0 radical (unpaired) electrons. The Morgan fingerprint density at radius 3 is 2.48 bits per heavy atom. The number of anilines is 2. The van der Waals surface area contributed by atoms with Crippen molar-refractivity contribution in [1.29, 1.82) is 0 Å². The zero-order valence-corrected chi connectivity index (χ0v) is 18.7. The summed E-state index contributed by atoms with van der Waals surface area (Å²) in [6.45, 7) is 2.14. The molecular weight excluding hydrogens is 476 g/mol. The van der Waals surface area contributed by atoms with Crippen molar-refractivity contribution in [2.24, 2.45) is 0 Å². The maximum Gasteiger partial charge on any atom is 0.265 e. The van der Waals surface area contributed by atoms with Gasteiger partial charge < -0.3 is 10.1 Å². The fraction of sp³-hybridized carbons (Fsp3) is 0.150. The summed E-state index contributed by atoms with van der Waals surface area (Å²) in [4.78, 5) is 13.1. The van der Waals surface area contributed by atoms with Crippen LogP contribution in [0, 0.1) is 0 Å². The van der Waals surface area contributed by atoms with Crippen molar-refractivity contribution in [1.82, 2.24) is 0 Å². The normalized spacial score (nSPS) is 11.1. The third-order valence-corrected chi connectivity index (χ3v) is 6.60. The maximum absolute atomic E-state index is 12.8. The van der Waals surface area contributed by atoms with E-state index in [4.69, 9.17) is 4.74 Å². The van der Waals surface area contributed by atoms with Gasteiger partial charge in [0.15, 0.2) is 0 Å². The molecule has 0 atom stereocenters. The van der Waals surface area contributed by atoms with Crippen LogP contribution in [0.3, 0.4) is 0 Å². The minimum absolute atomic E-state index is 0.0436. The molecule has 0 aliphatic heterocycles. The number of carbonyl (C=O) groups excluding carboxylic acids is 1. The van der Waals surface area contributed by atoms with Gasteiger partial charge in [-0.3, -0.25) is 9.52 Å². The van der Waals surface area contributed by atoms with Crippen molar-refractivity contribution in [2.75, 3.05) is 16.6 Å². The highest BCUT2D eigenvalue weighted by atomic mass is 79.9. The molecule has 1 amide bonds. The molecule has 0 fully saturated rings. The Morgan fingerprint density at radius 2 is 1.83 bits per heavy atom. The van der Waals surface area contributed by atoms with Crippen molar-refractivity contribution in [3.63, 3.8) is 0 Å². The van der Waals surface area contributed by atoms with Crippen LogP contribution in [0.15, 0.2) is 69.3 Å². The average Bonchev–Trinajstić information content (AvgIpc) is 3.17. The maximum atomic E-state index is 12.8. The number of sulfonamides is 1. The van der Waals surface area contributed by atoms with E-state index in [9.17, 15) is 13.2 Å². The first-order chi connectivity index (χ1) is 13.9. The van der Waals surface area contributed by atoms with E-state index in [0.29, 0.717) is 28.9 Å². The van der Waals surface area contributed by atoms with Crippen LogP contribution in [0.4, 0.5) is 11.4 Å². The molecule has 9 heteroatoms. The van der Waals surface area contributed by atoms with E-state index in [0.717, 1.165) is 4.88 Å². The summed E-state index contributed by atoms with van der Waals surface area (Å²) in [5.74, 6) is 0.150. The first-order valence-electron chi connectivity index (χ1n) is 8.75. The van der Waals surface area contributed by atoms with Crippen LogP contribution in [0.5, 0.6) is 5.75 Å². The first-order valence-corrected chi connectivity index (χ1v) is 11.9. The number of rotatable bonds is 8. The van der Waals surface area contributed by atoms with Gasteiger partial charge in [-0.1, -0.05) is 22.0 Å². The average molecular weight is 495 g/mol. The molecule has 2 aromatic carbocycles. The molecule has 0 bridgehead atoms. The first kappa shape index (κ1) is 21.4. The van der Waals surface area contributed by atoms with Crippen molar-refractivity contribution in [3.8, 4) is 5.75 Å². The van der Waals surface area contributed by atoms with Crippen LogP contribution in [-0.4, -0.2) is 20.9 Å². The molecule has 0 aliphatic carbocycles. The van der Waals surface area contributed by atoms with E-state index in [1.54, 1.807) is 43.3 Å². The van der Waals surface area contributed by atoms with Gasteiger partial charge in [-0.05, 0) is 60.8 Å². The zero-order chi connectivity index (χ0) is 20.9. The lowest BCUT2D eigenvalue weighted by Gasteiger charge is -2.13. The summed E-state index contributed by atoms with van der Waals surface area (Å²) in [5.41, 5.74) is 0.968. The summed E-state index contributed by atoms with van der Waals surface area (Å²) in [6, 6.07) is 15.1. The molecule has 1 aromatic heterocycles. The molecular formula is C20H19BrN2O4S2. The Morgan fingerprint density at radius 1 is 1.10 bits per heavy atom. The number of benzene rings is 2. The third-order valence-electron chi connectivity index (χ3n) is 3.83. The molecule has 3 rings (SSSR count). The Hall–Kier alpha value is -2.36. The molecule has 6 nitrogen and oxygen atoms in total. The summed E-state index contributed by atoms with van der Waals surface area (Å²) >= 11 is 4.81. The Kier molecular flexibility index (Phi) is 6.94. The number of ether oxygens (including phenoxy) is 1. The fourth-order valence-electron chi connectivity index (χ4n) is 2.57. The minimum Gasteiger partial charge on any atom is -0.492 e. The Labute approximate surface area is 182 Å². The number of nitrogens with one attached hydrogen (secondary N) is 2. The molecule has 0 spiro atoms. The van der Waals surface area contributed by atoms with Gasteiger partial charge >= 0.3 is 0 Å². The van der Waals surface area contributed by atoms with Crippen molar-refractivity contribution in [2.45, 2.75) is 18.2 Å². The zero-order valence-electron chi connectivity index (χ0n) is 15.5. The lowest BCUT2D eigenvalue weighted by Crippen LogP contribution is -2.15. The molecule has 2 N–H and O–H groups in total. The second-order valence-electron chi connectivity index (χ2n) is 6.01. The van der Waals surface area contributed by atoms with Gasteiger partial charge in [0, 0.05) is 20.7 Å². The number of amides is 1. The lowest BCUT2D eigenvalue weighted by atomic mass is 10.2. The van der Waals surface area contributed by atoms with Gasteiger partial charge in [-0.25, -0.2) is 8.42 Å². The van der Waals surface area contributed by atoms with Crippen LogP contribution in [0.2, 0.25) is 0 Å². The van der Waals surface area contributed by atoms with Crippen LogP contribution >= 0.6 is 27.3 Å². The van der Waals surface area contributed by atoms with Gasteiger partial charge in [-0.2, -0.15) is 0 Å². The third kappa shape index (κ3) is 5.81. The van der Waals surface area contributed by atoms with Gasteiger partial charge in [0.1, 0.15) is 10.6 Å². The highest BCUT2D eigenvalue weighted by molar-refractivity contribution is 9.10. The highest BCUT2D eigenvalue weighted by Crippen LogP contribution is 2.29.